The lowest BCUT2D eigenvalue weighted by atomic mass is 10.1. The van der Waals surface area contributed by atoms with Gasteiger partial charge in [-0.1, -0.05) is 60.4 Å². The van der Waals surface area contributed by atoms with Gasteiger partial charge >= 0.3 is 0 Å². The second-order valence-corrected chi connectivity index (χ2v) is 8.39. The second-order valence-electron chi connectivity index (χ2n) is 6.72. The average molecular weight is 414 g/mol. The fraction of sp³-hybridized carbons (Fsp3) is 0.273. The van der Waals surface area contributed by atoms with E-state index in [0.717, 1.165) is 11.1 Å². The molecule has 0 unspecified atom stereocenters. The summed E-state index contributed by atoms with van der Waals surface area (Å²) in [5.74, 6) is 1.24. The third kappa shape index (κ3) is 4.39. The number of methoxy groups -OCH3 is 1. The number of nitrogens with zero attached hydrogens (tertiary/aromatic N) is 1. The Balaban J connectivity index is 1.85. The Morgan fingerprint density at radius 3 is 2.43 bits per heavy atom. The molecule has 146 valence electrons. The molecule has 1 aliphatic rings. The number of amides is 1. The summed E-state index contributed by atoms with van der Waals surface area (Å²) in [6.45, 7) is 5.92. The maximum Gasteiger partial charge on any atom is 0.266 e. The first-order chi connectivity index (χ1) is 13.4. The zero-order valence-corrected chi connectivity index (χ0v) is 18.0. The standard InChI is InChI=1S/C22H23NO3S2/c1-14(2)26-18-11-10-16(12-19(18)25-4)13-20-21(24)23(22(27)28-20)15(3)17-8-6-5-7-9-17/h5-15H,1-4H3/b20-13+/t15-/m0/s1. The largest absolute Gasteiger partial charge is 0.493 e. The summed E-state index contributed by atoms with van der Waals surface area (Å²) < 4.78 is 11.8. The highest BCUT2D eigenvalue weighted by molar-refractivity contribution is 8.26. The van der Waals surface area contributed by atoms with Crippen molar-refractivity contribution in [2.75, 3.05) is 7.11 Å². The SMILES string of the molecule is COc1cc(/C=C2/SC(=S)N([C@@H](C)c3ccccc3)C2=O)ccc1OC(C)C. The van der Waals surface area contributed by atoms with Crippen molar-refractivity contribution in [3.8, 4) is 11.5 Å². The minimum absolute atomic E-state index is 0.0514. The van der Waals surface area contributed by atoms with E-state index in [0.29, 0.717) is 20.7 Å². The van der Waals surface area contributed by atoms with Crippen molar-refractivity contribution in [1.82, 2.24) is 4.90 Å². The van der Waals surface area contributed by atoms with E-state index in [4.69, 9.17) is 21.7 Å². The molecular weight excluding hydrogens is 390 g/mol. The van der Waals surface area contributed by atoms with Crippen LogP contribution in [0.1, 0.15) is 37.9 Å². The summed E-state index contributed by atoms with van der Waals surface area (Å²) >= 11 is 6.81. The number of benzene rings is 2. The minimum Gasteiger partial charge on any atom is -0.493 e. The van der Waals surface area contributed by atoms with Crippen LogP contribution >= 0.6 is 24.0 Å². The van der Waals surface area contributed by atoms with Crippen molar-refractivity contribution < 1.29 is 14.3 Å². The number of carbonyl (C=O) groups is 1. The van der Waals surface area contributed by atoms with Crippen molar-refractivity contribution in [3.05, 3.63) is 64.6 Å². The van der Waals surface area contributed by atoms with Crippen LogP contribution in [0.15, 0.2) is 53.4 Å². The summed E-state index contributed by atoms with van der Waals surface area (Å²) in [6.07, 6.45) is 1.90. The molecule has 3 rings (SSSR count). The van der Waals surface area contributed by atoms with Crippen LogP contribution in [-0.2, 0) is 4.79 Å². The van der Waals surface area contributed by atoms with E-state index >= 15 is 0 Å². The van der Waals surface area contributed by atoms with Gasteiger partial charge in [0, 0.05) is 0 Å². The van der Waals surface area contributed by atoms with Crippen molar-refractivity contribution in [3.63, 3.8) is 0 Å². The predicted octanol–water partition coefficient (Wildman–Crippen LogP) is 5.44. The Morgan fingerprint density at radius 2 is 1.79 bits per heavy atom. The number of hydrogen-bond donors (Lipinski definition) is 0. The second kappa shape index (κ2) is 8.80. The van der Waals surface area contributed by atoms with E-state index in [9.17, 15) is 4.79 Å². The third-order valence-corrected chi connectivity index (χ3v) is 5.67. The van der Waals surface area contributed by atoms with E-state index in [-0.39, 0.29) is 18.1 Å². The fourth-order valence-corrected chi connectivity index (χ4v) is 4.39. The molecule has 0 spiro atoms. The van der Waals surface area contributed by atoms with Gasteiger partial charge in [0.15, 0.2) is 11.5 Å². The smallest absolute Gasteiger partial charge is 0.266 e. The van der Waals surface area contributed by atoms with Crippen molar-refractivity contribution in [2.45, 2.75) is 32.9 Å². The van der Waals surface area contributed by atoms with Crippen LogP contribution < -0.4 is 9.47 Å². The number of carbonyl (C=O) groups excluding carboxylic acids is 1. The first-order valence-corrected chi connectivity index (χ1v) is 10.3. The van der Waals surface area contributed by atoms with Crippen LogP contribution in [0.4, 0.5) is 0 Å². The van der Waals surface area contributed by atoms with Gasteiger partial charge in [0.2, 0.25) is 0 Å². The van der Waals surface area contributed by atoms with Crippen LogP contribution in [0.5, 0.6) is 11.5 Å². The highest BCUT2D eigenvalue weighted by Crippen LogP contribution is 2.39. The molecule has 1 heterocycles. The molecule has 0 radical (unpaired) electrons. The normalized spacial score (nSPS) is 16.8. The van der Waals surface area contributed by atoms with Gasteiger partial charge in [0.1, 0.15) is 4.32 Å². The van der Waals surface area contributed by atoms with E-state index < -0.39 is 0 Å². The molecule has 6 heteroatoms. The minimum atomic E-state index is -0.115. The summed E-state index contributed by atoms with van der Waals surface area (Å²) in [5, 5.41) is 0. The van der Waals surface area contributed by atoms with Gasteiger partial charge in [-0.05, 0) is 50.1 Å². The molecule has 0 aromatic heterocycles. The lowest BCUT2D eigenvalue weighted by Gasteiger charge is -2.23. The maximum atomic E-state index is 13.0. The zero-order valence-electron chi connectivity index (χ0n) is 16.3. The Bertz CT molecular complexity index is 909. The molecule has 0 aliphatic carbocycles. The number of rotatable bonds is 6. The monoisotopic (exact) mass is 413 g/mol. The topological polar surface area (TPSA) is 38.8 Å². The van der Waals surface area contributed by atoms with E-state index in [1.165, 1.54) is 11.8 Å². The van der Waals surface area contributed by atoms with Gasteiger partial charge < -0.3 is 9.47 Å². The van der Waals surface area contributed by atoms with Crippen LogP contribution in [-0.4, -0.2) is 28.3 Å². The van der Waals surface area contributed by atoms with Gasteiger partial charge in [-0.25, -0.2) is 0 Å². The average Bonchev–Trinajstić information content (AvgIpc) is 2.96. The number of hydrogen-bond acceptors (Lipinski definition) is 5. The molecule has 0 N–H and O–H groups in total. The van der Waals surface area contributed by atoms with Gasteiger partial charge in [-0.15, -0.1) is 0 Å². The van der Waals surface area contributed by atoms with Crippen molar-refractivity contribution in [1.29, 1.82) is 0 Å². The molecule has 1 amide bonds. The molecular formula is C22H23NO3S2. The Kier molecular flexibility index (Phi) is 6.42. The molecule has 28 heavy (non-hydrogen) atoms. The highest BCUT2D eigenvalue weighted by Gasteiger charge is 2.35. The lowest BCUT2D eigenvalue weighted by Crippen LogP contribution is -2.30. The molecule has 1 aliphatic heterocycles. The van der Waals surface area contributed by atoms with Crippen LogP contribution in [0.25, 0.3) is 6.08 Å². The first kappa shape index (κ1) is 20.4. The summed E-state index contributed by atoms with van der Waals surface area (Å²) in [4.78, 5) is 15.3. The molecule has 2 aromatic carbocycles. The summed E-state index contributed by atoms with van der Waals surface area (Å²) in [7, 11) is 1.60. The first-order valence-electron chi connectivity index (χ1n) is 9.07. The van der Waals surface area contributed by atoms with Gasteiger partial charge in [-0.2, -0.15) is 0 Å². The van der Waals surface area contributed by atoms with Crippen LogP contribution in [0.3, 0.4) is 0 Å². The molecule has 1 atom stereocenters. The highest BCUT2D eigenvalue weighted by atomic mass is 32.2. The third-order valence-electron chi connectivity index (χ3n) is 4.34. The summed E-state index contributed by atoms with van der Waals surface area (Å²) in [6, 6.07) is 15.4. The Morgan fingerprint density at radius 1 is 1.07 bits per heavy atom. The van der Waals surface area contributed by atoms with Crippen LogP contribution in [0, 0.1) is 0 Å². The van der Waals surface area contributed by atoms with Gasteiger partial charge in [0.25, 0.3) is 5.91 Å². The van der Waals surface area contributed by atoms with Gasteiger partial charge in [-0.3, -0.25) is 9.69 Å². The van der Waals surface area contributed by atoms with Crippen molar-refractivity contribution in [2.24, 2.45) is 0 Å². The molecule has 2 aromatic rings. The maximum absolute atomic E-state index is 13.0. The Hall–Kier alpha value is -2.31. The quantitative estimate of drug-likeness (QED) is 0.465. The molecule has 4 nitrogen and oxygen atoms in total. The number of ether oxygens (including phenoxy) is 2. The van der Waals surface area contributed by atoms with E-state index in [2.05, 4.69) is 0 Å². The zero-order chi connectivity index (χ0) is 20.3. The predicted molar refractivity (Wildman–Crippen MR) is 119 cm³/mol. The molecule has 1 saturated heterocycles. The van der Waals surface area contributed by atoms with Crippen molar-refractivity contribution >= 4 is 40.3 Å². The van der Waals surface area contributed by atoms with Gasteiger partial charge in [0.05, 0.1) is 24.2 Å². The number of thiocarbonyl (C=S) groups is 1. The summed E-state index contributed by atoms with van der Waals surface area (Å²) in [5.41, 5.74) is 1.91. The van der Waals surface area contributed by atoms with E-state index in [1.807, 2.05) is 75.4 Å². The molecule has 1 fully saturated rings. The fourth-order valence-electron chi connectivity index (χ4n) is 2.97. The molecule has 0 saturated carbocycles. The number of thioether (sulfide) groups is 1. The molecule has 0 bridgehead atoms. The van der Waals surface area contributed by atoms with E-state index in [1.54, 1.807) is 12.0 Å². The van der Waals surface area contributed by atoms with Crippen LogP contribution in [0.2, 0.25) is 0 Å². The Labute approximate surface area is 175 Å². The lowest BCUT2D eigenvalue weighted by molar-refractivity contribution is -0.123.